The number of halogens is 3. The summed E-state index contributed by atoms with van der Waals surface area (Å²) in [5.41, 5.74) is 0.158. The van der Waals surface area contributed by atoms with E-state index in [1.54, 1.807) is 0 Å². The molecule has 0 aromatic heterocycles. The minimum Gasteiger partial charge on any atom is -0.366 e. The summed E-state index contributed by atoms with van der Waals surface area (Å²) in [6.45, 7) is 5.71. The zero-order valence-corrected chi connectivity index (χ0v) is 11.9. The Hall–Kier alpha value is -1.23. The van der Waals surface area contributed by atoms with E-state index in [4.69, 9.17) is 0 Å². The zero-order chi connectivity index (χ0) is 14.7. The van der Waals surface area contributed by atoms with Crippen LogP contribution in [0, 0.1) is 17.5 Å². The van der Waals surface area contributed by atoms with Crippen LogP contribution in [0.1, 0.15) is 33.1 Å². The summed E-state index contributed by atoms with van der Waals surface area (Å²) in [6, 6.07) is 2.82. The molecule has 2 atom stereocenters. The van der Waals surface area contributed by atoms with E-state index in [2.05, 4.69) is 12.2 Å². The van der Waals surface area contributed by atoms with E-state index >= 15 is 0 Å². The molecule has 5 heteroatoms. The van der Waals surface area contributed by atoms with Gasteiger partial charge in [0.05, 0.1) is 5.69 Å². The summed E-state index contributed by atoms with van der Waals surface area (Å²) in [4.78, 5) is 1.82. The highest BCUT2D eigenvalue weighted by molar-refractivity contribution is 5.49. The van der Waals surface area contributed by atoms with Crippen LogP contribution < -0.4 is 10.2 Å². The third-order valence-corrected chi connectivity index (χ3v) is 3.88. The maximum atomic E-state index is 13.8. The average Bonchev–Trinajstić information content (AvgIpc) is 2.44. The van der Waals surface area contributed by atoms with Crippen molar-refractivity contribution >= 4 is 5.69 Å². The Morgan fingerprint density at radius 1 is 1.25 bits per heavy atom. The lowest BCUT2D eigenvalue weighted by Gasteiger charge is -2.39. The summed E-state index contributed by atoms with van der Waals surface area (Å²) >= 11 is 0. The van der Waals surface area contributed by atoms with E-state index in [0.29, 0.717) is 12.6 Å². The third kappa shape index (κ3) is 3.08. The van der Waals surface area contributed by atoms with Crippen molar-refractivity contribution in [1.29, 1.82) is 0 Å². The van der Waals surface area contributed by atoms with Crippen molar-refractivity contribution in [2.24, 2.45) is 0 Å². The van der Waals surface area contributed by atoms with Crippen LogP contribution in [0.3, 0.4) is 0 Å². The first-order chi connectivity index (χ1) is 9.54. The van der Waals surface area contributed by atoms with Gasteiger partial charge in [-0.05, 0) is 44.9 Å². The Morgan fingerprint density at radius 3 is 2.65 bits per heavy atom. The van der Waals surface area contributed by atoms with Gasteiger partial charge in [0.25, 0.3) is 0 Å². The quantitative estimate of drug-likeness (QED) is 0.853. The Bertz CT molecular complexity index is 465. The van der Waals surface area contributed by atoms with Gasteiger partial charge >= 0.3 is 0 Å². The summed E-state index contributed by atoms with van der Waals surface area (Å²) in [5.74, 6) is -3.61. The van der Waals surface area contributed by atoms with E-state index in [-0.39, 0.29) is 11.7 Å². The van der Waals surface area contributed by atoms with E-state index in [1.807, 2.05) is 11.8 Å². The summed E-state index contributed by atoms with van der Waals surface area (Å²) in [5, 5.41) is 3.45. The lowest BCUT2D eigenvalue weighted by molar-refractivity contribution is 0.363. The van der Waals surface area contributed by atoms with Crippen molar-refractivity contribution in [3.05, 3.63) is 29.6 Å². The molecule has 1 fully saturated rings. The Kier molecular flexibility index (Phi) is 4.91. The summed E-state index contributed by atoms with van der Waals surface area (Å²) in [6.07, 6.45) is 2.83. The predicted octanol–water partition coefficient (Wildman–Crippen LogP) is 3.46. The molecule has 0 spiro atoms. The summed E-state index contributed by atoms with van der Waals surface area (Å²) < 4.78 is 40.2. The highest BCUT2D eigenvalue weighted by atomic mass is 19.2. The van der Waals surface area contributed by atoms with Crippen LogP contribution in [0.25, 0.3) is 0 Å². The first kappa shape index (κ1) is 15.2. The highest BCUT2D eigenvalue weighted by Gasteiger charge is 2.28. The van der Waals surface area contributed by atoms with Crippen LogP contribution in [0.15, 0.2) is 12.1 Å². The molecule has 0 saturated carbocycles. The second-order valence-corrected chi connectivity index (χ2v) is 5.41. The number of nitrogens with zero attached hydrogens (tertiary/aromatic N) is 1. The SMILES string of the molecule is CCCNC1CCN(c2ccc(F)c(F)c2F)C(C)C1. The normalized spacial score (nSPS) is 23.1. The van der Waals surface area contributed by atoms with E-state index in [9.17, 15) is 13.2 Å². The fourth-order valence-corrected chi connectivity index (χ4v) is 2.80. The van der Waals surface area contributed by atoms with Gasteiger partial charge in [-0.25, -0.2) is 13.2 Å². The van der Waals surface area contributed by atoms with Gasteiger partial charge in [-0.2, -0.15) is 0 Å². The van der Waals surface area contributed by atoms with Crippen molar-refractivity contribution < 1.29 is 13.2 Å². The fourth-order valence-electron chi connectivity index (χ4n) is 2.80. The lowest BCUT2D eigenvalue weighted by Crippen LogP contribution is -2.48. The first-order valence-electron chi connectivity index (χ1n) is 7.18. The molecule has 2 unspecified atom stereocenters. The molecule has 0 aliphatic carbocycles. The molecule has 1 aromatic rings. The molecule has 1 aromatic carbocycles. The monoisotopic (exact) mass is 286 g/mol. The van der Waals surface area contributed by atoms with E-state index < -0.39 is 17.5 Å². The number of benzene rings is 1. The van der Waals surface area contributed by atoms with E-state index in [1.165, 1.54) is 6.07 Å². The maximum absolute atomic E-state index is 13.8. The molecule has 1 saturated heterocycles. The molecule has 1 aliphatic rings. The number of piperidine rings is 1. The Balaban J connectivity index is 2.10. The van der Waals surface area contributed by atoms with Gasteiger partial charge in [-0.3, -0.25) is 0 Å². The van der Waals surface area contributed by atoms with E-state index in [0.717, 1.165) is 31.9 Å². The van der Waals surface area contributed by atoms with Gasteiger partial charge in [0.2, 0.25) is 0 Å². The van der Waals surface area contributed by atoms with Crippen LogP contribution in [0.5, 0.6) is 0 Å². The number of nitrogens with one attached hydrogen (secondary N) is 1. The molecule has 20 heavy (non-hydrogen) atoms. The smallest absolute Gasteiger partial charge is 0.196 e. The number of hydrogen-bond donors (Lipinski definition) is 1. The minimum absolute atomic E-state index is 0.0949. The largest absolute Gasteiger partial charge is 0.366 e. The number of hydrogen-bond acceptors (Lipinski definition) is 2. The van der Waals surface area contributed by atoms with Gasteiger partial charge in [0.1, 0.15) is 0 Å². The third-order valence-electron chi connectivity index (χ3n) is 3.88. The molecule has 1 N–H and O–H groups in total. The molecule has 1 aliphatic heterocycles. The standard InChI is InChI=1S/C15H21F3N2/c1-3-7-19-11-6-8-20(10(2)9-11)13-5-4-12(16)14(17)15(13)18/h4-5,10-11,19H,3,6-9H2,1-2H3. The Morgan fingerprint density at radius 2 is 2.00 bits per heavy atom. The molecule has 1 heterocycles. The first-order valence-corrected chi connectivity index (χ1v) is 7.18. The van der Waals surface area contributed by atoms with Gasteiger partial charge in [-0.1, -0.05) is 6.92 Å². The summed E-state index contributed by atoms with van der Waals surface area (Å²) in [7, 11) is 0. The molecule has 0 amide bonds. The van der Waals surface area contributed by atoms with Crippen molar-refractivity contribution in [2.75, 3.05) is 18.0 Å². The van der Waals surface area contributed by atoms with Crippen LogP contribution in [0.4, 0.5) is 18.9 Å². The predicted molar refractivity (Wildman–Crippen MR) is 74.4 cm³/mol. The highest BCUT2D eigenvalue weighted by Crippen LogP contribution is 2.29. The molecule has 112 valence electrons. The van der Waals surface area contributed by atoms with Crippen molar-refractivity contribution in [3.63, 3.8) is 0 Å². The number of rotatable bonds is 4. The second-order valence-electron chi connectivity index (χ2n) is 5.41. The molecule has 2 rings (SSSR count). The van der Waals surface area contributed by atoms with Gasteiger partial charge in [-0.15, -0.1) is 0 Å². The number of anilines is 1. The van der Waals surface area contributed by atoms with Crippen LogP contribution in [0.2, 0.25) is 0 Å². The van der Waals surface area contributed by atoms with Crippen molar-refractivity contribution in [3.8, 4) is 0 Å². The van der Waals surface area contributed by atoms with Gasteiger partial charge in [0.15, 0.2) is 17.5 Å². The van der Waals surface area contributed by atoms with Crippen molar-refractivity contribution in [2.45, 2.75) is 45.2 Å². The molecular formula is C15H21F3N2. The Labute approximate surface area is 118 Å². The van der Waals surface area contributed by atoms with Gasteiger partial charge in [0, 0.05) is 18.6 Å². The van der Waals surface area contributed by atoms with Crippen LogP contribution >= 0.6 is 0 Å². The fraction of sp³-hybridized carbons (Fsp3) is 0.600. The van der Waals surface area contributed by atoms with Crippen molar-refractivity contribution in [1.82, 2.24) is 5.32 Å². The lowest BCUT2D eigenvalue weighted by atomic mass is 9.97. The van der Waals surface area contributed by atoms with Crippen LogP contribution in [-0.2, 0) is 0 Å². The zero-order valence-electron chi connectivity index (χ0n) is 11.9. The van der Waals surface area contributed by atoms with Gasteiger partial charge < -0.3 is 10.2 Å². The maximum Gasteiger partial charge on any atom is 0.196 e. The molecule has 0 radical (unpaired) electrons. The molecular weight excluding hydrogens is 265 g/mol. The average molecular weight is 286 g/mol. The minimum atomic E-state index is -1.39. The molecule has 0 bridgehead atoms. The molecule has 2 nitrogen and oxygen atoms in total. The van der Waals surface area contributed by atoms with Crippen LogP contribution in [-0.4, -0.2) is 25.2 Å². The topological polar surface area (TPSA) is 15.3 Å². The second kappa shape index (κ2) is 6.48.